The van der Waals surface area contributed by atoms with Crippen molar-refractivity contribution in [2.75, 3.05) is 59.8 Å². The second-order valence-corrected chi connectivity index (χ2v) is 9.78. The van der Waals surface area contributed by atoms with E-state index in [1.165, 1.54) is 0 Å². The van der Waals surface area contributed by atoms with Gasteiger partial charge < -0.3 is 24.4 Å². The molecule has 0 aliphatic heterocycles. The minimum Gasteiger partial charge on any atom is -0.378 e. The molecule has 0 amide bonds. The maximum Gasteiger partial charge on any atom is 0.161 e. The molecule has 0 aromatic carbocycles. The molecule has 33 heavy (non-hydrogen) atoms. The number of hydrogen-bond acceptors (Lipinski definition) is 7. The van der Waals surface area contributed by atoms with Crippen molar-refractivity contribution in [3.8, 4) is 0 Å². The molecule has 2 unspecified atom stereocenters. The number of carbonyl (C=O) groups is 2. The van der Waals surface area contributed by atoms with Gasteiger partial charge in [-0.3, -0.25) is 9.59 Å². The molecule has 7 heteroatoms. The van der Waals surface area contributed by atoms with Gasteiger partial charge in [-0.1, -0.05) is 34.6 Å². The summed E-state index contributed by atoms with van der Waals surface area (Å²) >= 11 is 0. The lowest BCUT2D eigenvalue weighted by atomic mass is 9.98. The van der Waals surface area contributed by atoms with E-state index >= 15 is 0 Å². The summed E-state index contributed by atoms with van der Waals surface area (Å²) < 4.78 is 16.5. The summed E-state index contributed by atoms with van der Waals surface area (Å²) in [7, 11) is 2.08. The van der Waals surface area contributed by atoms with Gasteiger partial charge in [0.25, 0.3) is 0 Å². The van der Waals surface area contributed by atoms with Crippen LogP contribution in [-0.2, 0) is 23.8 Å². The predicted octanol–water partition coefficient (Wildman–Crippen LogP) is 3.74. The van der Waals surface area contributed by atoms with E-state index in [2.05, 4.69) is 38.0 Å². The molecule has 0 aromatic heterocycles. The minimum absolute atomic E-state index is 0.0128. The Morgan fingerprint density at radius 1 is 0.758 bits per heavy atom. The van der Waals surface area contributed by atoms with Crippen LogP contribution in [0.2, 0.25) is 0 Å². The summed E-state index contributed by atoms with van der Waals surface area (Å²) in [5.41, 5.74) is 0. The highest BCUT2D eigenvalue weighted by molar-refractivity contribution is 5.82. The van der Waals surface area contributed by atoms with Crippen molar-refractivity contribution in [1.82, 2.24) is 10.2 Å². The summed E-state index contributed by atoms with van der Waals surface area (Å²) in [6.07, 6.45) is 5.12. The van der Waals surface area contributed by atoms with E-state index in [0.29, 0.717) is 38.5 Å². The SMILES string of the molecule is CC(C)NCCCCCOCC(=O)C(C)CCC(C)N(C)CCOCCOCC(=O)C(C)C. The normalized spacial score (nSPS) is 13.8. The number of nitrogens with one attached hydrogen (secondary N) is 1. The van der Waals surface area contributed by atoms with Gasteiger partial charge in [0.05, 0.1) is 19.8 Å². The summed E-state index contributed by atoms with van der Waals surface area (Å²) in [6, 6.07) is 0.915. The maximum absolute atomic E-state index is 12.3. The van der Waals surface area contributed by atoms with Crippen LogP contribution in [0.3, 0.4) is 0 Å². The molecule has 1 N–H and O–H groups in total. The zero-order chi connectivity index (χ0) is 25.1. The summed E-state index contributed by atoms with van der Waals surface area (Å²) in [5, 5.41) is 3.41. The second-order valence-electron chi connectivity index (χ2n) is 9.78. The third kappa shape index (κ3) is 19.2. The first-order valence-electron chi connectivity index (χ1n) is 12.9. The summed E-state index contributed by atoms with van der Waals surface area (Å²) in [5.74, 6) is 0.357. The maximum atomic E-state index is 12.3. The van der Waals surface area contributed by atoms with Crippen molar-refractivity contribution >= 4 is 11.6 Å². The van der Waals surface area contributed by atoms with Gasteiger partial charge in [0.15, 0.2) is 11.6 Å². The summed E-state index contributed by atoms with van der Waals surface area (Å²) in [4.78, 5) is 26.0. The standard InChI is InChI=1S/C26H52N2O5/c1-21(2)25(29)19-33-18-17-31-16-14-28(7)24(6)12-11-23(5)26(30)20-32-15-10-8-9-13-27-22(3)4/h21-24,27H,8-20H2,1-7H3. The number of carbonyl (C=O) groups excluding carboxylic acids is 2. The first-order chi connectivity index (χ1) is 15.6. The van der Waals surface area contributed by atoms with Gasteiger partial charge in [0.2, 0.25) is 0 Å². The van der Waals surface area contributed by atoms with Gasteiger partial charge in [-0.15, -0.1) is 0 Å². The molecule has 0 aromatic rings. The van der Waals surface area contributed by atoms with Crippen molar-refractivity contribution < 1.29 is 23.8 Å². The van der Waals surface area contributed by atoms with Crippen LogP contribution in [0.1, 0.15) is 73.6 Å². The Bertz CT molecular complexity index is 499. The van der Waals surface area contributed by atoms with Gasteiger partial charge >= 0.3 is 0 Å². The molecule has 0 saturated carbocycles. The molecule has 2 atom stereocenters. The van der Waals surface area contributed by atoms with E-state index in [4.69, 9.17) is 14.2 Å². The van der Waals surface area contributed by atoms with Crippen LogP contribution in [0.15, 0.2) is 0 Å². The number of nitrogens with zero attached hydrogens (tertiary/aromatic N) is 1. The molecule has 0 radical (unpaired) electrons. The second kappa shape index (κ2) is 20.5. The number of unbranched alkanes of at least 4 members (excludes halogenated alkanes) is 2. The zero-order valence-corrected chi connectivity index (χ0v) is 22.5. The molecule has 0 heterocycles. The van der Waals surface area contributed by atoms with Crippen LogP contribution < -0.4 is 5.32 Å². The van der Waals surface area contributed by atoms with E-state index in [-0.39, 0.29) is 36.6 Å². The number of Topliss-reactive ketones (excluding diaryl/α,β-unsaturated/α-hetero) is 2. The van der Waals surface area contributed by atoms with E-state index in [1.807, 2.05) is 20.8 Å². The summed E-state index contributed by atoms with van der Waals surface area (Å²) in [6.45, 7) is 16.7. The quantitative estimate of drug-likeness (QED) is 0.227. The Morgan fingerprint density at radius 3 is 2.06 bits per heavy atom. The molecule has 0 aliphatic rings. The highest BCUT2D eigenvalue weighted by atomic mass is 16.5. The van der Waals surface area contributed by atoms with Gasteiger partial charge in [-0.25, -0.2) is 0 Å². The molecule has 0 saturated heterocycles. The van der Waals surface area contributed by atoms with Crippen LogP contribution in [-0.4, -0.2) is 88.3 Å². The highest BCUT2D eigenvalue weighted by Crippen LogP contribution is 2.13. The average molecular weight is 473 g/mol. The Kier molecular flexibility index (Phi) is 20.0. The molecule has 196 valence electrons. The van der Waals surface area contributed by atoms with Crippen molar-refractivity contribution in [1.29, 1.82) is 0 Å². The fourth-order valence-corrected chi connectivity index (χ4v) is 3.07. The number of ether oxygens (including phenoxy) is 3. The lowest BCUT2D eigenvalue weighted by molar-refractivity contribution is -0.128. The van der Waals surface area contributed by atoms with Gasteiger partial charge in [-0.2, -0.15) is 0 Å². The van der Waals surface area contributed by atoms with Crippen LogP contribution in [0.4, 0.5) is 0 Å². The van der Waals surface area contributed by atoms with Crippen molar-refractivity contribution in [3.63, 3.8) is 0 Å². The fraction of sp³-hybridized carbons (Fsp3) is 0.923. The van der Waals surface area contributed by atoms with Crippen molar-refractivity contribution in [2.45, 2.75) is 85.7 Å². The first kappa shape index (κ1) is 32.1. The lowest BCUT2D eigenvalue weighted by Crippen LogP contribution is -2.33. The molecule has 0 fully saturated rings. The van der Waals surface area contributed by atoms with E-state index in [1.54, 1.807) is 0 Å². The smallest absolute Gasteiger partial charge is 0.161 e. The minimum atomic E-state index is 0.0128. The van der Waals surface area contributed by atoms with Crippen LogP contribution >= 0.6 is 0 Å². The van der Waals surface area contributed by atoms with Gasteiger partial charge in [-0.05, 0) is 52.6 Å². The number of ketones is 2. The molecular formula is C26H52N2O5. The van der Waals surface area contributed by atoms with Gasteiger partial charge in [0, 0.05) is 37.1 Å². The van der Waals surface area contributed by atoms with Crippen LogP contribution in [0.5, 0.6) is 0 Å². The number of likely N-dealkylation sites (N-methyl/N-ethyl adjacent to an activating group) is 1. The van der Waals surface area contributed by atoms with Crippen molar-refractivity contribution in [3.05, 3.63) is 0 Å². The Morgan fingerprint density at radius 2 is 1.39 bits per heavy atom. The molecule has 0 bridgehead atoms. The lowest BCUT2D eigenvalue weighted by Gasteiger charge is -2.25. The topological polar surface area (TPSA) is 77.1 Å². The molecule has 0 aliphatic carbocycles. The van der Waals surface area contributed by atoms with Crippen LogP contribution in [0.25, 0.3) is 0 Å². The Hall–Kier alpha value is -0.860. The number of hydrogen-bond donors (Lipinski definition) is 1. The van der Waals surface area contributed by atoms with Crippen molar-refractivity contribution in [2.24, 2.45) is 11.8 Å². The average Bonchev–Trinajstić information content (AvgIpc) is 2.77. The third-order valence-electron chi connectivity index (χ3n) is 5.93. The zero-order valence-electron chi connectivity index (χ0n) is 22.5. The van der Waals surface area contributed by atoms with E-state index in [9.17, 15) is 9.59 Å². The van der Waals surface area contributed by atoms with E-state index in [0.717, 1.165) is 45.2 Å². The number of rotatable bonds is 23. The van der Waals surface area contributed by atoms with E-state index < -0.39 is 0 Å². The molecule has 7 nitrogen and oxygen atoms in total. The third-order valence-corrected chi connectivity index (χ3v) is 5.93. The molecule has 0 rings (SSSR count). The predicted molar refractivity (Wildman–Crippen MR) is 135 cm³/mol. The highest BCUT2D eigenvalue weighted by Gasteiger charge is 2.16. The van der Waals surface area contributed by atoms with Crippen LogP contribution in [0, 0.1) is 11.8 Å². The van der Waals surface area contributed by atoms with Gasteiger partial charge in [0.1, 0.15) is 13.2 Å². The molecular weight excluding hydrogens is 420 g/mol. The monoisotopic (exact) mass is 472 g/mol. The Balaban J connectivity index is 3.71. The first-order valence-corrected chi connectivity index (χ1v) is 12.9. The largest absolute Gasteiger partial charge is 0.378 e. The fourth-order valence-electron chi connectivity index (χ4n) is 3.07. The Labute approximate surface area is 203 Å². The molecule has 0 spiro atoms.